The minimum atomic E-state index is 0.649. The summed E-state index contributed by atoms with van der Waals surface area (Å²) in [7, 11) is 0. The second kappa shape index (κ2) is 3.05. The van der Waals surface area contributed by atoms with E-state index >= 15 is 0 Å². The van der Waals surface area contributed by atoms with Gasteiger partial charge in [-0.15, -0.1) is 24.0 Å². The minimum Gasteiger partial charge on any atom is -0.390 e. The molecule has 13 heavy (non-hydrogen) atoms. The van der Waals surface area contributed by atoms with Crippen molar-refractivity contribution in [2.45, 2.75) is 4.90 Å². The van der Waals surface area contributed by atoms with Gasteiger partial charge in [0.2, 0.25) is 0 Å². The molecule has 0 saturated heterocycles. The Morgan fingerprint density at radius 1 is 1.46 bits per heavy atom. The van der Waals surface area contributed by atoms with Crippen LogP contribution in [0.25, 0.3) is 10.1 Å². The van der Waals surface area contributed by atoms with Crippen LogP contribution in [-0.2, 0) is 0 Å². The highest BCUT2D eigenvalue weighted by Crippen LogP contribution is 2.37. The van der Waals surface area contributed by atoms with Gasteiger partial charge in [0.1, 0.15) is 5.00 Å². The van der Waals surface area contributed by atoms with Gasteiger partial charge in [-0.25, -0.2) is 0 Å². The second-order valence-corrected chi connectivity index (χ2v) is 4.18. The van der Waals surface area contributed by atoms with Crippen molar-refractivity contribution in [1.82, 2.24) is 0 Å². The molecule has 2 aromatic rings. The van der Waals surface area contributed by atoms with Crippen molar-refractivity contribution in [3.05, 3.63) is 23.8 Å². The number of carbonyl (C=O) groups excluding carboxylic acids is 1. The summed E-state index contributed by atoms with van der Waals surface area (Å²) in [6, 6.07) is 5.54. The molecule has 1 aromatic heterocycles. The van der Waals surface area contributed by atoms with Gasteiger partial charge in [0.15, 0.2) is 6.29 Å². The molecule has 4 heteroatoms. The normalized spacial score (nSPS) is 10.5. The van der Waals surface area contributed by atoms with Gasteiger partial charge in [0, 0.05) is 20.5 Å². The first-order valence-corrected chi connectivity index (χ1v) is 4.95. The van der Waals surface area contributed by atoms with Gasteiger partial charge in [-0.05, 0) is 6.07 Å². The Labute approximate surface area is 84.8 Å². The Bertz CT molecular complexity index is 476. The molecular weight excluding hydrogens is 202 g/mol. The Balaban J connectivity index is 2.94. The van der Waals surface area contributed by atoms with Crippen molar-refractivity contribution in [3.8, 4) is 0 Å². The molecule has 0 spiro atoms. The van der Waals surface area contributed by atoms with E-state index in [0.717, 1.165) is 16.4 Å². The maximum Gasteiger partial charge on any atom is 0.150 e. The first kappa shape index (κ1) is 8.59. The van der Waals surface area contributed by atoms with Crippen LogP contribution in [0.5, 0.6) is 0 Å². The number of thiophene rings is 1. The van der Waals surface area contributed by atoms with Crippen LogP contribution in [0.4, 0.5) is 5.00 Å². The van der Waals surface area contributed by atoms with Crippen molar-refractivity contribution < 1.29 is 4.79 Å². The lowest BCUT2D eigenvalue weighted by atomic mass is 10.1. The quantitative estimate of drug-likeness (QED) is 0.560. The van der Waals surface area contributed by atoms with Gasteiger partial charge in [-0.3, -0.25) is 4.79 Å². The third-order valence-electron chi connectivity index (χ3n) is 1.88. The molecule has 2 nitrogen and oxygen atoms in total. The molecule has 0 bridgehead atoms. The average Bonchev–Trinajstić information content (AvgIpc) is 2.43. The molecule has 2 N–H and O–H groups in total. The largest absolute Gasteiger partial charge is 0.390 e. The number of nitrogens with two attached hydrogens (primary N) is 1. The van der Waals surface area contributed by atoms with Crippen molar-refractivity contribution in [2.75, 3.05) is 5.73 Å². The standard InChI is InChI=1S/C9H7NOS2/c10-9-8(12)7-5(4-11)2-1-3-6(7)13-9/h1-4,12H,10H2. The molecule has 0 saturated carbocycles. The summed E-state index contributed by atoms with van der Waals surface area (Å²) in [5.74, 6) is 0. The minimum absolute atomic E-state index is 0.649. The highest BCUT2D eigenvalue weighted by Gasteiger charge is 2.09. The number of carbonyl (C=O) groups is 1. The first-order valence-electron chi connectivity index (χ1n) is 3.69. The van der Waals surface area contributed by atoms with Gasteiger partial charge in [-0.2, -0.15) is 0 Å². The summed E-state index contributed by atoms with van der Waals surface area (Å²) < 4.78 is 1.01. The molecule has 2 rings (SSSR count). The molecule has 1 aromatic carbocycles. The molecule has 0 atom stereocenters. The predicted molar refractivity (Wildman–Crippen MR) is 58.9 cm³/mol. The predicted octanol–water partition coefficient (Wildman–Crippen LogP) is 2.58. The Morgan fingerprint density at radius 3 is 2.92 bits per heavy atom. The zero-order valence-corrected chi connectivity index (χ0v) is 8.36. The lowest BCUT2D eigenvalue weighted by molar-refractivity contribution is 0.112. The summed E-state index contributed by atoms with van der Waals surface area (Å²) in [6.45, 7) is 0. The first-order chi connectivity index (χ1) is 6.24. The Morgan fingerprint density at radius 2 is 2.23 bits per heavy atom. The van der Waals surface area contributed by atoms with E-state index in [1.54, 1.807) is 6.07 Å². The third kappa shape index (κ3) is 1.22. The molecule has 0 aliphatic rings. The molecular formula is C9H7NOS2. The number of nitrogen functional groups attached to an aromatic ring is 1. The van der Waals surface area contributed by atoms with Crippen LogP contribution in [0, 0.1) is 0 Å². The molecule has 0 fully saturated rings. The number of fused-ring (bicyclic) bond motifs is 1. The molecule has 0 unspecified atom stereocenters. The van der Waals surface area contributed by atoms with Crippen LogP contribution in [0.2, 0.25) is 0 Å². The van der Waals surface area contributed by atoms with Gasteiger partial charge in [0.25, 0.3) is 0 Å². The van der Waals surface area contributed by atoms with Crippen LogP contribution in [-0.4, -0.2) is 6.29 Å². The van der Waals surface area contributed by atoms with Gasteiger partial charge in [-0.1, -0.05) is 12.1 Å². The number of hydrogen-bond acceptors (Lipinski definition) is 4. The SMILES string of the molecule is Nc1sc2cccc(C=O)c2c1S. The van der Waals surface area contributed by atoms with Crippen molar-refractivity contribution in [3.63, 3.8) is 0 Å². The topological polar surface area (TPSA) is 43.1 Å². The van der Waals surface area contributed by atoms with Gasteiger partial charge < -0.3 is 5.73 Å². The summed E-state index contributed by atoms with van der Waals surface area (Å²) >= 11 is 5.72. The number of aldehydes is 1. The molecule has 0 amide bonds. The van der Waals surface area contributed by atoms with Crippen LogP contribution in [0.15, 0.2) is 23.1 Å². The van der Waals surface area contributed by atoms with E-state index in [9.17, 15) is 4.79 Å². The van der Waals surface area contributed by atoms with Crippen LogP contribution >= 0.6 is 24.0 Å². The summed E-state index contributed by atoms with van der Waals surface area (Å²) in [5.41, 5.74) is 6.35. The average molecular weight is 209 g/mol. The molecule has 1 heterocycles. The smallest absolute Gasteiger partial charge is 0.150 e. The lowest BCUT2D eigenvalue weighted by Gasteiger charge is -1.94. The maximum absolute atomic E-state index is 10.7. The van der Waals surface area contributed by atoms with Crippen molar-refractivity contribution >= 4 is 45.3 Å². The Hall–Kier alpha value is -1.00. The highest BCUT2D eigenvalue weighted by molar-refractivity contribution is 7.81. The van der Waals surface area contributed by atoms with E-state index < -0.39 is 0 Å². The third-order valence-corrected chi connectivity index (χ3v) is 3.48. The van der Waals surface area contributed by atoms with E-state index in [1.165, 1.54) is 11.3 Å². The summed E-state index contributed by atoms with van der Waals surface area (Å²) in [4.78, 5) is 11.4. The van der Waals surface area contributed by atoms with E-state index in [4.69, 9.17) is 5.73 Å². The van der Waals surface area contributed by atoms with Gasteiger partial charge in [0.05, 0.1) is 0 Å². The van der Waals surface area contributed by atoms with E-state index in [1.807, 2.05) is 12.1 Å². The van der Waals surface area contributed by atoms with Crippen molar-refractivity contribution in [1.29, 1.82) is 0 Å². The number of rotatable bonds is 1. The van der Waals surface area contributed by atoms with E-state index in [-0.39, 0.29) is 0 Å². The van der Waals surface area contributed by atoms with Crippen molar-refractivity contribution in [2.24, 2.45) is 0 Å². The number of hydrogen-bond donors (Lipinski definition) is 2. The molecule has 66 valence electrons. The highest BCUT2D eigenvalue weighted by atomic mass is 32.1. The van der Waals surface area contributed by atoms with E-state index in [2.05, 4.69) is 12.6 Å². The fourth-order valence-corrected chi connectivity index (χ4v) is 2.64. The lowest BCUT2D eigenvalue weighted by Crippen LogP contribution is -1.82. The maximum atomic E-state index is 10.7. The molecule has 0 aliphatic heterocycles. The van der Waals surface area contributed by atoms with Crippen LogP contribution in [0.1, 0.15) is 10.4 Å². The molecule has 0 radical (unpaired) electrons. The van der Waals surface area contributed by atoms with Crippen LogP contribution < -0.4 is 5.73 Å². The fraction of sp³-hybridized carbons (Fsp3) is 0. The monoisotopic (exact) mass is 209 g/mol. The number of thiol groups is 1. The number of benzene rings is 1. The second-order valence-electron chi connectivity index (χ2n) is 2.65. The fourth-order valence-electron chi connectivity index (χ4n) is 1.27. The summed E-state index contributed by atoms with van der Waals surface area (Å²) in [5, 5.41) is 1.52. The van der Waals surface area contributed by atoms with E-state index in [0.29, 0.717) is 15.5 Å². The van der Waals surface area contributed by atoms with Crippen LogP contribution in [0.3, 0.4) is 0 Å². The summed E-state index contributed by atoms with van der Waals surface area (Å²) in [6.07, 6.45) is 0.828. The zero-order chi connectivity index (χ0) is 9.42. The molecule has 0 aliphatic carbocycles. The Kier molecular flexibility index (Phi) is 2.01. The zero-order valence-electron chi connectivity index (χ0n) is 6.65. The van der Waals surface area contributed by atoms with Gasteiger partial charge >= 0.3 is 0 Å². The number of anilines is 1.